The van der Waals surface area contributed by atoms with Crippen molar-refractivity contribution in [3.8, 4) is 0 Å². The molecule has 32 heavy (non-hydrogen) atoms. The molecule has 1 aromatic carbocycles. The van der Waals surface area contributed by atoms with Crippen LogP contribution in [0.4, 0.5) is 5.13 Å². The van der Waals surface area contributed by atoms with E-state index in [4.69, 9.17) is 11.6 Å². The second kappa shape index (κ2) is 8.08. The number of aromatic nitrogens is 2. The van der Waals surface area contributed by atoms with E-state index in [9.17, 15) is 14.4 Å². The van der Waals surface area contributed by atoms with Crippen LogP contribution in [0.1, 0.15) is 49.2 Å². The maximum Gasteiger partial charge on any atom is 0.234 e. The number of fused-ring (bicyclic) bond motifs is 5. The highest BCUT2D eigenvalue weighted by Crippen LogP contribution is 2.54. The van der Waals surface area contributed by atoms with Crippen LogP contribution in [0.3, 0.4) is 0 Å². The van der Waals surface area contributed by atoms with Crippen LogP contribution < -0.4 is 5.32 Å². The number of halogens is 1. The molecule has 2 aliphatic carbocycles. The number of allylic oxidation sites excluding steroid dienone is 2. The largest absolute Gasteiger partial charge is 0.300 e. The van der Waals surface area contributed by atoms with E-state index in [2.05, 4.69) is 27.7 Å². The lowest BCUT2D eigenvalue weighted by Gasteiger charge is -2.28. The maximum absolute atomic E-state index is 13.4. The summed E-state index contributed by atoms with van der Waals surface area (Å²) in [4.78, 5) is 41.0. The Morgan fingerprint density at radius 3 is 2.47 bits per heavy atom. The molecule has 0 spiro atoms. The predicted molar refractivity (Wildman–Crippen MR) is 121 cm³/mol. The van der Waals surface area contributed by atoms with Crippen molar-refractivity contribution in [2.45, 2.75) is 38.6 Å². The number of anilines is 1. The van der Waals surface area contributed by atoms with Gasteiger partial charge in [0.25, 0.3) is 0 Å². The van der Waals surface area contributed by atoms with Crippen LogP contribution in [0.5, 0.6) is 0 Å². The minimum Gasteiger partial charge on any atom is -0.300 e. The Labute approximate surface area is 194 Å². The fourth-order valence-corrected chi connectivity index (χ4v) is 6.13. The Morgan fingerprint density at radius 2 is 1.88 bits per heavy atom. The number of imide groups is 1. The van der Waals surface area contributed by atoms with E-state index in [0.717, 1.165) is 11.4 Å². The summed E-state index contributed by atoms with van der Waals surface area (Å²) in [5.74, 6) is -0.925. The summed E-state index contributed by atoms with van der Waals surface area (Å²) < 4.78 is 0. The van der Waals surface area contributed by atoms with E-state index in [1.54, 1.807) is 24.3 Å². The van der Waals surface area contributed by atoms with Crippen LogP contribution in [-0.4, -0.2) is 32.8 Å². The monoisotopic (exact) mass is 470 g/mol. The summed E-state index contributed by atoms with van der Waals surface area (Å²) in [7, 11) is 0. The molecule has 3 aliphatic rings. The molecule has 0 radical (unpaired) electrons. The van der Waals surface area contributed by atoms with Gasteiger partial charge in [0.05, 0.1) is 24.3 Å². The molecule has 7 nitrogen and oxygen atoms in total. The zero-order valence-corrected chi connectivity index (χ0v) is 19.3. The molecule has 5 atom stereocenters. The van der Waals surface area contributed by atoms with Gasteiger partial charge in [-0.25, -0.2) is 0 Å². The quantitative estimate of drug-likeness (QED) is 0.504. The smallest absolute Gasteiger partial charge is 0.234 e. The first-order valence-electron chi connectivity index (χ1n) is 10.8. The van der Waals surface area contributed by atoms with Gasteiger partial charge in [-0.15, -0.1) is 10.2 Å². The van der Waals surface area contributed by atoms with E-state index < -0.39 is 6.04 Å². The SMILES string of the molecule is CC(C)c1nnc(NC(=O)CC(c2cccc(Cl)c2)N2C(=O)C3C4C=CC(C4)C3C2=O)s1. The summed E-state index contributed by atoms with van der Waals surface area (Å²) in [5.41, 5.74) is 0.662. The Hall–Kier alpha value is -2.58. The number of carbonyl (C=O) groups is 3. The summed E-state index contributed by atoms with van der Waals surface area (Å²) in [6.07, 6.45) is 4.90. The van der Waals surface area contributed by atoms with Crippen LogP contribution in [-0.2, 0) is 14.4 Å². The van der Waals surface area contributed by atoms with Crippen molar-refractivity contribution in [1.29, 1.82) is 0 Å². The molecule has 3 amide bonds. The minimum atomic E-state index is -0.726. The van der Waals surface area contributed by atoms with E-state index >= 15 is 0 Å². The molecular formula is C23H23ClN4O3S. The zero-order chi connectivity index (χ0) is 22.6. The molecule has 2 bridgehead atoms. The van der Waals surface area contributed by atoms with E-state index in [0.29, 0.717) is 15.7 Å². The first-order chi connectivity index (χ1) is 15.3. The second-order valence-electron chi connectivity index (χ2n) is 8.97. The van der Waals surface area contributed by atoms with Crippen molar-refractivity contribution in [1.82, 2.24) is 15.1 Å². The van der Waals surface area contributed by atoms with Crippen molar-refractivity contribution in [2.75, 3.05) is 5.32 Å². The van der Waals surface area contributed by atoms with Crippen molar-refractivity contribution >= 4 is 45.8 Å². The third-order valence-electron chi connectivity index (χ3n) is 6.61. The van der Waals surface area contributed by atoms with Gasteiger partial charge < -0.3 is 5.32 Å². The highest BCUT2D eigenvalue weighted by Gasteiger charge is 2.60. The van der Waals surface area contributed by atoms with Gasteiger partial charge in [0.2, 0.25) is 22.9 Å². The third kappa shape index (κ3) is 3.55. The van der Waals surface area contributed by atoms with Crippen LogP contribution in [0.2, 0.25) is 5.02 Å². The first-order valence-corrected chi connectivity index (χ1v) is 12.0. The molecule has 1 aromatic heterocycles. The molecule has 1 saturated heterocycles. The lowest BCUT2D eigenvalue weighted by molar-refractivity contribution is -0.144. The summed E-state index contributed by atoms with van der Waals surface area (Å²) in [6.45, 7) is 4.01. The van der Waals surface area contributed by atoms with Crippen LogP contribution >= 0.6 is 22.9 Å². The number of hydrogen-bond donors (Lipinski definition) is 1. The molecule has 9 heteroatoms. The number of carbonyl (C=O) groups excluding carboxylic acids is 3. The van der Waals surface area contributed by atoms with Gasteiger partial charge in [0.1, 0.15) is 5.01 Å². The molecule has 1 aliphatic heterocycles. The average molecular weight is 471 g/mol. The molecule has 1 saturated carbocycles. The lowest BCUT2D eigenvalue weighted by atomic mass is 9.85. The summed E-state index contributed by atoms with van der Waals surface area (Å²) >= 11 is 7.52. The van der Waals surface area contributed by atoms with Gasteiger partial charge in [-0.1, -0.05) is 61.1 Å². The van der Waals surface area contributed by atoms with Crippen molar-refractivity contribution < 1.29 is 14.4 Å². The second-order valence-corrected chi connectivity index (χ2v) is 10.4. The average Bonchev–Trinajstić information content (AvgIpc) is 3.51. The number of hydrogen-bond acceptors (Lipinski definition) is 6. The molecular weight excluding hydrogens is 448 g/mol. The number of likely N-dealkylation sites (tertiary alicyclic amines) is 1. The lowest BCUT2D eigenvalue weighted by Crippen LogP contribution is -2.38. The standard InChI is InChI=1S/C23H23ClN4O3S/c1-11(2)20-26-27-23(32-20)25-17(29)10-16(12-4-3-5-15(24)9-12)28-21(30)18-13-6-7-14(8-13)19(18)22(28)31/h3-7,9,11,13-14,16,18-19H,8,10H2,1-2H3,(H,25,27,29). The minimum absolute atomic E-state index is 0.0728. The molecule has 1 N–H and O–H groups in total. The molecule has 2 aromatic rings. The number of rotatable bonds is 6. The van der Waals surface area contributed by atoms with Gasteiger partial charge in [0, 0.05) is 10.9 Å². The molecule has 2 heterocycles. The number of nitrogens with zero attached hydrogens (tertiary/aromatic N) is 3. The fourth-order valence-electron chi connectivity index (χ4n) is 5.17. The summed E-state index contributed by atoms with van der Waals surface area (Å²) in [6, 6.07) is 6.27. The number of benzene rings is 1. The van der Waals surface area contributed by atoms with Gasteiger partial charge in [-0.3, -0.25) is 19.3 Å². The zero-order valence-electron chi connectivity index (χ0n) is 17.7. The van der Waals surface area contributed by atoms with E-state index in [-0.39, 0.29) is 53.7 Å². The molecule has 2 fully saturated rings. The third-order valence-corrected chi connectivity index (χ3v) is 7.98. The highest BCUT2D eigenvalue weighted by molar-refractivity contribution is 7.15. The number of nitrogens with one attached hydrogen (secondary N) is 1. The Kier molecular flexibility index (Phi) is 5.37. The van der Waals surface area contributed by atoms with E-state index in [1.165, 1.54) is 16.2 Å². The van der Waals surface area contributed by atoms with Crippen LogP contribution in [0.25, 0.3) is 0 Å². The topological polar surface area (TPSA) is 92.3 Å². The number of amides is 3. The normalized spacial score (nSPS) is 26.8. The van der Waals surface area contributed by atoms with E-state index in [1.807, 2.05) is 13.8 Å². The Bertz CT molecular complexity index is 1100. The van der Waals surface area contributed by atoms with Crippen LogP contribution in [0, 0.1) is 23.7 Å². The van der Waals surface area contributed by atoms with Crippen molar-refractivity contribution in [3.05, 3.63) is 52.0 Å². The Balaban J connectivity index is 1.42. The summed E-state index contributed by atoms with van der Waals surface area (Å²) in [5, 5.41) is 12.6. The predicted octanol–water partition coefficient (Wildman–Crippen LogP) is 4.19. The molecule has 166 valence electrons. The van der Waals surface area contributed by atoms with Gasteiger partial charge in [-0.2, -0.15) is 0 Å². The first kappa shape index (κ1) is 21.3. The van der Waals surface area contributed by atoms with Gasteiger partial charge in [0.15, 0.2) is 0 Å². The maximum atomic E-state index is 13.4. The van der Waals surface area contributed by atoms with Crippen molar-refractivity contribution in [3.63, 3.8) is 0 Å². The fraction of sp³-hybridized carbons (Fsp3) is 0.435. The molecule has 5 rings (SSSR count). The highest BCUT2D eigenvalue weighted by atomic mass is 35.5. The van der Waals surface area contributed by atoms with Gasteiger partial charge in [-0.05, 0) is 36.0 Å². The van der Waals surface area contributed by atoms with Gasteiger partial charge >= 0.3 is 0 Å². The Morgan fingerprint density at radius 1 is 1.19 bits per heavy atom. The van der Waals surface area contributed by atoms with Crippen molar-refractivity contribution in [2.24, 2.45) is 23.7 Å². The molecule has 5 unspecified atom stereocenters. The van der Waals surface area contributed by atoms with Crippen LogP contribution in [0.15, 0.2) is 36.4 Å².